The van der Waals surface area contributed by atoms with E-state index >= 15 is 0 Å². The average Bonchev–Trinajstić information content (AvgIpc) is 2.25. The van der Waals surface area contributed by atoms with Gasteiger partial charge in [0.2, 0.25) is 0 Å². The number of methoxy groups -OCH3 is 2. The van der Waals surface area contributed by atoms with Crippen molar-refractivity contribution in [2.75, 3.05) is 14.2 Å². The van der Waals surface area contributed by atoms with Crippen molar-refractivity contribution >= 4 is 0 Å². The van der Waals surface area contributed by atoms with E-state index in [1.54, 1.807) is 19.1 Å². The number of halogens is 1. The normalized spacial score (nSPS) is 13.4. The van der Waals surface area contributed by atoms with Gasteiger partial charge >= 0.3 is 0 Å². The molecule has 0 radical (unpaired) electrons. The van der Waals surface area contributed by atoms with Crippen LogP contribution in [-0.2, 0) is 5.67 Å². The Balaban J connectivity index is 3.48. The fraction of sp³-hybridized carbons (Fsp3) is 0.538. The molecule has 0 aromatic heterocycles. The van der Waals surface area contributed by atoms with Crippen molar-refractivity contribution in [1.29, 1.82) is 0 Å². The van der Waals surface area contributed by atoms with E-state index in [2.05, 4.69) is 0 Å². The summed E-state index contributed by atoms with van der Waals surface area (Å²) in [6.45, 7) is 4.50. The molecule has 0 saturated heterocycles. The first kappa shape index (κ1) is 13.8. The molecule has 0 aliphatic rings. The van der Waals surface area contributed by atoms with E-state index < -0.39 is 11.8 Å². The number of hydrogen-bond acceptors (Lipinski definition) is 3. The fourth-order valence-electron chi connectivity index (χ4n) is 1.67. The second-order valence-corrected chi connectivity index (χ2v) is 4.45. The molecule has 0 spiro atoms. The molecule has 96 valence electrons. The Labute approximate surface area is 101 Å². The maximum absolute atomic E-state index is 14.1. The quantitative estimate of drug-likeness (QED) is 0.882. The van der Waals surface area contributed by atoms with Crippen molar-refractivity contribution in [2.24, 2.45) is 0 Å². The third-order valence-corrected chi connectivity index (χ3v) is 2.62. The Bertz CT molecular complexity index is 394. The van der Waals surface area contributed by atoms with E-state index in [4.69, 9.17) is 9.47 Å². The van der Waals surface area contributed by atoms with Crippen LogP contribution in [0.4, 0.5) is 4.39 Å². The van der Waals surface area contributed by atoms with Crippen LogP contribution in [0.2, 0.25) is 0 Å². The molecule has 0 fully saturated rings. The van der Waals surface area contributed by atoms with Gasteiger partial charge in [0, 0.05) is 5.56 Å². The molecule has 1 aromatic carbocycles. The second-order valence-electron chi connectivity index (χ2n) is 4.45. The van der Waals surface area contributed by atoms with E-state index in [-0.39, 0.29) is 0 Å². The smallest absolute Gasteiger partial charge is 0.167 e. The van der Waals surface area contributed by atoms with E-state index in [1.165, 1.54) is 28.1 Å². The molecule has 3 nitrogen and oxygen atoms in total. The molecule has 0 bridgehead atoms. The van der Waals surface area contributed by atoms with Crippen LogP contribution in [0.3, 0.4) is 0 Å². The summed E-state index contributed by atoms with van der Waals surface area (Å²) in [7, 11) is 2.95. The maximum atomic E-state index is 14.1. The first-order chi connectivity index (χ1) is 7.81. The lowest BCUT2D eigenvalue weighted by Gasteiger charge is -2.22. The van der Waals surface area contributed by atoms with Crippen LogP contribution in [0.5, 0.6) is 11.5 Å². The van der Waals surface area contributed by atoms with Crippen LogP contribution in [0.15, 0.2) is 12.1 Å². The number of aliphatic hydroxyl groups excluding tert-OH is 1. The molecule has 1 rings (SSSR count). The topological polar surface area (TPSA) is 38.7 Å². The monoisotopic (exact) mass is 242 g/mol. The molecule has 1 atom stereocenters. The summed E-state index contributed by atoms with van der Waals surface area (Å²) in [6.07, 6.45) is -0.684. The van der Waals surface area contributed by atoms with Gasteiger partial charge in [-0.15, -0.1) is 0 Å². The zero-order valence-corrected chi connectivity index (χ0v) is 10.9. The van der Waals surface area contributed by atoms with Gasteiger partial charge in [-0.3, -0.25) is 0 Å². The van der Waals surface area contributed by atoms with Gasteiger partial charge in [0.25, 0.3) is 0 Å². The van der Waals surface area contributed by atoms with Crippen LogP contribution in [0.1, 0.15) is 38.0 Å². The minimum atomic E-state index is -1.57. The van der Waals surface area contributed by atoms with Gasteiger partial charge in [-0.1, -0.05) is 0 Å². The van der Waals surface area contributed by atoms with E-state index in [0.717, 1.165) is 0 Å². The predicted octanol–water partition coefficient (Wildman–Crippen LogP) is 2.96. The second kappa shape index (κ2) is 4.92. The zero-order valence-electron chi connectivity index (χ0n) is 10.9. The molecule has 1 unspecified atom stereocenters. The third-order valence-electron chi connectivity index (χ3n) is 2.62. The Morgan fingerprint density at radius 1 is 1.24 bits per heavy atom. The highest BCUT2D eigenvalue weighted by atomic mass is 19.1. The van der Waals surface area contributed by atoms with Crippen LogP contribution < -0.4 is 9.47 Å². The highest BCUT2D eigenvalue weighted by Gasteiger charge is 2.27. The summed E-state index contributed by atoms with van der Waals surface area (Å²) >= 11 is 0. The lowest BCUT2D eigenvalue weighted by Crippen LogP contribution is -2.13. The van der Waals surface area contributed by atoms with Crippen LogP contribution >= 0.6 is 0 Å². The number of hydrogen-bond donors (Lipinski definition) is 1. The molecule has 1 N–H and O–H groups in total. The van der Waals surface area contributed by atoms with Crippen LogP contribution in [-0.4, -0.2) is 19.3 Å². The zero-order chi connectivity index (χ0) is 13.2. The molecule has 0 amide bonds. The van der Waals surface area contributed by atoms with Crippen molar-refractivity contribution in [2.45, 2.75) is 32.5 Å². The molecule has 1 aromatic rings. The van der Waals surface area contributed by atoms with Gasteiger partial charge < -0.3 is 14.6 Å². The molecule has 0 aliphatic heterocycles. The molecule has 17 heavy (non-hydrogen) atoms. The van der Waals surface area contributed by atoms with Gasteiger partial charge in [0.1, 0.15) is 5.67 Å². The lowest BCUT2D eigenvalue weighted by atomic mass is 9.95. The molecule has 0 aliphatic carbocycles. The summed E-state index contributed by atoms with van der Waals surface area (Å²) in [6, 6.07) is 3.25. The summed E-state index contributed by atoms with van der Waals surface area (Å²) in [5, 5.41) is 9.58. The number of ether oxygens (including phenoxy) is 2. The number of alkyl halides is 1. The Morgan fingerprint density at radius 2 is 1.82 bits per heavy atom. The highest BCUT2D eigenvalue weighted by molar-refractivity contribution is 5.52. The van der Waals surface area contributed by atoms with E-state index in [1.807, 2.05) is 0 Å². The maximum Gasteiger partial charge on any atom is 0.167 e. The number of benzene rings is 1. The molecule has 0 heterocycles. The largest absolute Gasteiger partial charge is 0.493 e. The van der Waals surface area contributed by atoms with Crippen LogP contribution in [0, 0.1) is 0 Å². The summed E-state index contributed by atoms with van der Waals surface area (Å²) in [5.41, 5.74) is -0.595. The van der Waals surface area contributed by atoms with Gasteiger partial charge in [-0.05, 0) is 38.5 Å². The predicted molar refractivity (Wildman–Crippen MR) is 64.3 cm³/mol. The number of aliphatic hydroxyl groups is 1. The first-order valence-corrected chi connectivity index (χ1v) is 5.44. The Hall–Kier alpha value is -1.29. The standard InChI is InChI=1S/C13H19FO3/c1-8(15)9-6-10(13(2,3)14)12(17-5)11(7-9)16-4/h6-8,15H,1-5H3. The van der Waals surface area contributed by atoms with E-state index in [0.29, 0.717) is 22.6 Å². The molecular weight excluding hydrogens is 223 g/mol. The summed E-state index contributed by atoms with van der Waals surface area (Å²) in [4.78, 5) is 0. The van der Waals surface area contributed by atoms with Crippen molar-refractivity contribution in [3.05, 3.63) is 23.3 Å². The first-order valence-electron chi connectivity index (χ1n) is 5.44. The molecule has 4 heteroatoms. The van der Waals surface area contributed by atoms with Gasteiger partial charge in [-0.25, -0.2) is 4.39 Å². The van der Waals surface area contributed by atoms with Crippen molar-refractivity contribution in [3.63, 3.8) is 0 Å². The number of rotatable bonds is 4. The third kappa shape index (κ3) is 2.88. The molecular formula is C13H19FO3. The minimum absolute atomic E-state index is 0.365. The van der Waals surface area contributed by atoms with Gasteiger partial charge in [-0.2, -0.15) is 0 Å². The summed E-state index contributed by atoms with van der Waals surface area (Å²) < 4.78 is 24.5. The fourth-order valence-corrected chi connectivity index (χ4v) is 1.67. The summed E-state index contributed by atoms with van der Waals surface area (Å²) in [5.74, 6) is 0.788. The van der Waals surface area contributed by atoms with Crippen molar-refractivity contribution in [3.8, 4) is 11.5 Å². The van der Waals surface area contributed by atoms with Crippen molar-refractivity contribution < 1.29 is 19.0 Å². The molecule has 0 saturated carbocycles. The van der Waals surface area contributed by atoms with Crippen LogP contribution in [0.25, 0.3) is 0 Å². The lowest BCUT2D eigenvalue weighted by molar-refractivity contribution is 0.193. The van der Waals surface area contributed by atoms with Gasteiger partial charge in [0.15, 0.2) is 11.5 Å². The Morgan fingerprint density at radius 3 is 2.18 bits per heavy atom. The van der Waals surface area contributed by atoms with E-state index in [9.17, 15) is 9.50 Å². The average molecular weight is 242 g/mol. The minimum Gasteiger partial charge on any atom is -0.493 e. The highest BCUT2D eigenvalue weighted by Crippen LogP contribution is 2.41. The SMILES string of the molecule is COc1cc(C(C)O)cc(C(C)(C)F)c1OC. The Kier molecular flexibility index (Phi) is 3.98. The van der Waals surface area contributed by atoms with Crippen molar-refractivity contribution in [1.82, 2.24) is 0 Å². The van der Waals surface area contributed by atoms with Gasteiger partial charge in [0.05, 0.1) is 20.3 Å².